The van der Waals surface area contributed by atoms with E-state index in [0.717, 1.165) is 31.7 Å². The van der Waals surface area contributed by atoms with E-state index in [9.17, 15) is 9.90 Å². The third-order valence-electron chi connectivity index (χ3n) is 3.65. The zero-order valence-corrected chi connectivity index (χ0v) is 12.1. The van der Waals surface area contributed by atoms with E-state index in [1.165, 1.54) is 4.90 Å². The van der Waals surface area contributed by atoms with Crippen molar-refractivity contribution in [1.82, 2.24) is 4.90 Å². The predicted octanol–water partition coefficient (Wildman–Crippen LogP) is 2.96. The van der Waals surface area contributed by atoms with Gasteiger partial charge in [-0.05, 0) is 37.4 Å². The Balaban J connectivity index is 1.82. The zero-order valence-electron chi connectivity index (χ0n) is 11.3. The highest BCUT2D eigenvalue weighted by Crippen LogP contribution is 2.24. The van der Waals surface area contributed by atoms with Crippen LogP contribution in [0.2, 0.25) is 0 Å². The van der Waals surface area contributed by atoms with Gasteiger partial charge in [-0.15, -0.1) is 11.8 Å². The summed E-state index contributed by atoms with van der Waals surface area (Å²) in [6, 6.07) is 9.97. The second-order valence-corrected chi connectivity index (χ2v) is 6.35. The maximum absolute atomic E-state index is 11.3. The molecule has 1 fully saturated rings. The van der Waals surface area contributed by atoms with Crippen LogP contribution in [0.15, 0.2) is 35.2 Å². The summed E-state index contributed by atoms with van der Waals surface area (Å²) in [4.78, 5) is 14.7. The highest BCUT2D eigenvalue weighted by Gasteiger charge is 2.31. The number of carbonyl (C=O) groups is 1. The van der Waals surface area contributed by atoms with Gasteiger partial charge in [0.2, 0.25) is 0 Å². The van der Waals surface area contributed by atoms with E-state index in [1.54, 1.807) is 11.8 Å². The van der Waals surface area contributed by atoms with Crippen molar-refractivity contribution in [2.75, 3.05) is 18.8 Å². The highest BCUT2D eigenvalue weighted by molar-refractivity contribution is 7.99. The van der Waals surface area contributed by atoms with E-state index >= 15 is 0 Å². The number of piperidine rings is 1. The van der Waals surface area contributed by atoms with E-state index in [1.807, 2.05) is 18.2 Å². The van der Waals surface area contributed by atoms with Crippen LogP contribution < -0.4 is 0 Å². The van der Waals surface area contributed by atoms with Crippen molar-refractivity contribution in [3.63, 3.8) is 0 Å². The molecular weight excluding hydrogens is 258 g/mol. The van der Waals surface area contributed by atoms with Crippen molar-refractivity contribution in [3.8, 4) is 0 Å². The molecule has 19 heavy (non-hydrogen) atoms. The quantitative estimate of drug-likeness (QED) is 0.841. The van der Waals surface area contributed by atoms with Gasteiger partial charge in [0.05, 0.1) is 0 Å². The van der Waals surface area contributed by atoms with Crippen molar-refractivity contribution in [2.24, 2.45) is 5.92 Å². The summed E-state index contributed by atoms with van der Waals surface area (Å²) in [7, 11) is 0. The Kier molecular flexibility index (Phi) is 5.28. The van der Waals surface area contributed by atoms with Gasteiger partial charge < -0.3 is 5.11 Å². The first-order chi connectivity index (χ1) is 9.16. The summed E-state index contributed by atoms with van der Waals surface area (Å²) in [6.45, 7) is 3.91. The first kappa shape index (κ1) is 14.4. The third-order valence-corrected chi connectivity index (χ3v) is 4.64. The van der Waals surface area contributed by atoms with Gasteiger partial charge >= 0.3 is 5.97 Å². The van der Waals surface area contributed by atoms with Crippen molar-refractivity contribution < 1.29 is 9.90 Å². The average molecular weight is 279 g/mol. The molecule has 104 valence electrons. The second-order valence-electron chi connectivity index (χ2n) is 5.18. The van der Waals surface area contributed by atoms with E-state index in [0.29, 0.717) is 5.92 Å². The molecule has 2 rings (SSSR count). The Hall–Kier alpha value is -1.00. The molecule has 1 saturated heterocycles. The van der Waals surface area contributed by atoms with Crippen LogP contribution in [0.25, 0.3) is 0 Å². The van der Waals surface area contributed by atoms with E-state index in [-0.39, 0.29) is 6.04 Å². The number of nitrogens with zero attached hydrogens (tertiary/aromatic N) is 1. The minimum Gasteiger partial charge on any atom is -0.480 e. The fourth-order valence-corrected chi connectivity index (χ4v) is 3.42. The molecule has 0 saturated carbocycles. The molecule has 2 unspecified atom stereocenters. The molecule has 3 nitrogen and oxygen atoms in total. The largest absolute Gasteiger partial charge is 0.480 e. The Bertz CT molecular complexity index is 410. The number of benzene rings is 1. The van der Waals surface area contributed by atoms with Crippen LogP contribution in [-0.4, -0.2) is 40.9 Å². The molecule has 0 bridgehead atoms. The Morgan fingerprint density at radius 2 is 2.16 bits per heavy atom. The normalized spacial score (nSPS) is 24.3. The van der Waals surface area contributed by atoms with Gasteiger partial charge in [0.15, 0.2) is 0 Å². The summed E-state index contributed by atoms with van der Waals surface area (Å²) < 4.78 is 0. The summed E-state index contributed by atoms with van der Waals surface area (Å²) in [5.41, 5.74) is 0. The lowest BCUT2D eigenvalue weighted by molar-refractivity contribution is -0.145. The number of rotatable bonds is 5. The molecule has 1 aliphatic heterocycles. The monoisotopic (exact) mass is 279 g/mol. The predicted molar refractivity (Wildman–Crippen MR) is 78.6 cm³/mol. The molecule has 1 aromatic carbocycles. The van der Waals surface area contributed by atoms with Gasteiger partial charge in [-0.1, -0.05) is 25.1 Å². The molecule has 1 heterocycles. The minimum absolute atomic E-state index is 0.292. The number of carboxylic acids is 1. The molecular formula is C15H21NO2S. The molecule has 2 atom stereocenters. The molecule has 0 aliphatic carbocycles. The summed E-state index contributed by atoms with van der Waals surface area (Å²) in [6.07, 6.45) is 1.89. The van der Waals surface area contributed by atoms with Crippen molar-refractivity contribution in [3.05, 3.63) is 30.3 Å². The molecule has 1 aromatic rings. The molecule has 1 N–H and O–H groups in total. The van der Waals surface area contributed by atoms with Crippen LogP contribution in [-0.2, 0) is 4.79 Å². The van der Waals surface area contributed by atoms with Gasteiger partial charge in [0.25, 0.3) is 0 Å². The van der Waals surface area contributed by atoms with Gasteiger partial charge in [-0.2, -0.15) is 0 Å². The highest BCUT2D eigenvalue weighted by atomic mass is 32.2. The Morgan fingerprint density at radius 1 is 1.42 bits per heavy atom. The van der Waals surface area contributed by atoms with Gasteiger partial charge in [0.1, 0.15) is 6.04 Å². The van der Waals surface area contributed by atoms with Crippen molar-refractivity contribution in [1.29, 1.82) is 0 Å². The van der Waals surface area contributed by atoms with Crippen LogP contribution in [0.4, 0.5) is 0 Å². The molecule has 0 aromatic heterocycles. The number of hydrogen-bond acceptors (Lipinski definition) is 3. The third kappa shape index (κ3) is 4.25. The number of likely N-dealkylation sites (tertiary alicyclic amines) is 1. The van der Waals surface area contributed by atoms with Crippen LogP contribution in [0.1, 0.15) is 19.8 Å². The van der Waals surface area contributed by atoms with Crippen LogP contribution >= 0.6 is 11.8 Å². The Morgan fingerprint density at radius 3 is 2.84 bits per heavy atom. The van der Waals surface area contributed by atoms with E-state index in [4.69, 9.17) is 0 Å². The lowest BCUT2D eigenvalue weighted by atomic mass is 9.92. The lowest BCUT2D eigenvalue weighted by Gasteiger charge is -2.35. The molecule has 0 amide bonds. The molecule has 1 aliphatic rings. The number of aliphatic carboxylic acids is 1. The molecule has 4 heteroatoms. The molecule has 0 radical (unpaired) electrons. The fraction of sp³-hybridized carbons (Fsp3) is 0.533. The van der Waals surface area contributed by atoms with Crippen LogP contribution in [0.5, 0.6) is 0 Å². The van der Waals surface area contributed by atoms with Crippen LogP contribution in [0, 0.1) is 5.92 Å². The first-order valence-corrected chi connectivity index (χ1v) is 7.80. The lowest BCUT2D eigenvalue weighted by Crippen LogP contribution is -2.47. The topological polar surface area (TPSA) is 40.5 Å². The fourth-order valence-electron chi connectivity index (χ4n) is 2.51. The molecule has 0 spiro atoms. The van der Waals surface area contributed by atoms with Crippen LogP contribution in [0.3, 0.4) is 0 Å². The van der Waals surface area contributed by atoms with E-state index < -0.39 is 5.97 Å². The Labute approximate surface area is 119 Å². The number of thioether (sulfide) groups is 1. The van der Waals surface area contributed by atoms with Gasteiger partial charge in [-0.25, -0.2) is 0 Å². The summed E-state index contributed by atoms with van der Waals surface area (Å²) in [5.74, 6) is 0.803. The zero-order chi connectivity index (χ0) is 13.7. The SMILES string of the molecule is CC1CCN(CCSc2ccccc2)C(C(=O)O)C1. The second kappa shape index (κ2) is 6.96. The van der Waals surface area contributed by atoms with Gasteiger partial charge in [0, 0.05) is 17.2 Å². The van der Waals surface area contributed by atoms with Gasteiger partial charge in [-0.3, -0.25) is 9.69 Å². The van der Waals surface area contributed by atoms with Crippen molar-refractivity contribution >= 4 is 17.7 Å². The maximum Gasteiger partial charge on any atom is 0.320 e. The smallest absolute Gasteiger partial charge is 0.320 e. The summed E-state index contributed by atoms with van der Waals surface area (Å²) in [5, 5.41) is 9.29. The number of hydrogen-bond donors (Lipinski definition) is 1. The van der Waals surface area contributed by atoms with Crippen molar-refractivity contribution in [2.45, 2.75) is 30.7 Å². The maximum atomic E-state index is 11.3. The average Bonchev–Trinajstić information content (AvgIpc) is 2.41. The van der Waals surface area contributed by atoms with E-state index in [2.05, 4.69) is 24.0 Å². The number of carboxylic acid groups (broad SMARTS) is 1. The standard InChI is InChI=1S/C15H21NO2S/c1-12-7-8-16(14(11-12)15(17)18)9-10-19-13-5-3-2-4-6-13/h2-6,12,14H,7-11H2,1H3,(H,17,18). The first-order valence-electron chi connectivity index (χ1n) is 6.81. The summed E-state index contributed by atoms with van der Waals surface area (Å²) >= 11 is 1.79. The minimum atomic E-state index is -0.670.